The lowest BCUT2D eigenvalue weighted by Crippen LogP contribution is -2.33. The molecular weight excluding hydrogens is 158 g/mol. The molecule has 1 nitrogen and oxygen atoms in total. The van der Waals surface area contributed by atoms with Crippen molar-refractivity contribution >= 4 is 0 Å². The maximum atomic E-state index is 6.42. The van der Waals surface area contributed by atoms with Crippen molar-refractivity contribution in [2.24, 2.45) is 23.5 Å². The zero-order chi connectivity index (χ0) is 9.47. The molecule has 4 unspecified atom stereocenters. The van der Waals surface area contributed by atoms with Crippen LogP contribution in [0.25, 0.3) is 0 Å². The smallest absolute Gasteiger partial charge is 0.0215 e. The molecule has 0 aromatic rings. The summed E-state index contributed by atoms with van der Waals surface area (Å²) < 4.78 is 0. The van der Waals surface area contributed by atoms with Gasteiger partial charge in [0.25, 0.3) is 0 Å². The zero-order valence-corrected chi connectivity index (χ0v) is 9.05. The van der Waals surface area contributed by atoms with Crippen molar-refractivity contribution < 1.29 is 0 Å². The fourth-order valence-corrected chi connectivity index (χ4v) is 3.33. The zero-order valence-electron chi connectivity index (χ0n) is 9.05. The van der Waals surface area contributed by atoms with Gasteiger partial charge in [0, 0.05) is 5.54 Å². The van der Waals surface area contributed by atoms with Gasteiger partial charge in [-0.1, -0.05) is 33.1 Å². The number of hydrogen-bond donors (Lipinski definition) is 1. The number of nitrogens with two attached hydrogens (primary N) is 1. The first kappa shape index (κ1) is 9.51. The van der Waals surface area contributed by atoms with Gasteiger partial charge in [-0.2, -0.15) is 0 Å². The fourth-order valence-electron chi connectivity index (χ4n) is 3.33. The van der Waals surface area contributed by atoms with Crippen LogP contribution in [-0.4, -0.2) is 5.54 Å². The SMILES string of the molecule is CCC1CCC(C2(N)CC2CC)C1. The summed E-state index contributed by atoms with van der Waals surface area (Å²) in [5.41, 5.74) is 6.70. The van der Waals surface area contributed by atoms with E-state index in [1.54, 1.807) is 0 Å². The van der Waals surface area contributed by atoms with Gasteiger partial charge in [-0.3, -0.25) is 0 Å². The van der Waals surface area contributed by atoms with E-state index >= 15 is 0 Å². The van der Waals surface area contributed by atoms with Crippen LogP contribution in [0.4, 0.5) is 0 Å². The minimum absolute atomic E-state index is 0.276. The van der Waals surface area contributed by atoms with Gasteiger partial charge >= 0.3 is 0 Å². The minimum atomic E-state index is 0.276. The van der Waals surface area contributed by atoms with Gasteiger partial charge in [0.2, 0.25) is 0 Å². The van der Waals surface area contributed by atoms with Crippen LogP contribution in [0.15, 0.2) is 0 Å². The Bertz CT molecular complexity index is 190. The second kappa shape index (κ2) is 3.27. The van der Waals surface area contributed by atoms with E-state index in [4.69, 9.17) is 5.73 Å². The molecule has 2 aliphatic carbocycles. The second-order valence-electron chi connectivity index (χ2n) is 5.21. The Balaban J connectivity index is 1.90. The largest absolute Gasteiger partial charge is 0.325 e. The van der Waals surface area contributed by atoms with Crippen molar-refractivity contribution in [3.05, 3.63) is 0 Å². The molecule has 2 fully saturated rings. The van der Waals surface area contributed by atoms with Crippen molar-refractivity contribution in [2.75, 3.05) is 0 Å². The van der Waals surface area contributed by atoms with E-state index in [1.807, 2.05) is 0 Å². The van der Waals surface area contributed by atoms with Gasteiger partial charge in [-0.05, 0) is 37.0 Å². The molecule has 0 radical (unpaired) electrons. The summed E-state index contributed by atoms with van der Waals surface area (Å²) in [4.78, 5) is 0. The van der Waals surface area contributed by atoms with E-state index in [9.17, 15) is 0 Å². The molecule has 0 bridgehead atoms. The molecule has 0 aromatic carbocycles. The first-order chi connectivity index (χ1) is 6.20. The summed E-state index contributed by atoms with van der Waals surface area (Å²) in [5.74, 6) is 2.71. The minimum Gasteiger partial charge on any atom is -0.325 e. The molecule has 2 saturated carbocycles. The molecule has 2 aliphatic rings. The average Bonchev–Trinajstić information content (AvgIpc) is 2.65. The number of rotatable bonds is 3. The summed E-state index contributed by atoms with van der Waals surface area (Å²) in [6.45, 7) is 4.60. The van der Waals surface area contributed by atoms with E-state index < -0.39 is 0 Å². The normalized spacial score (nSPS) is 49.6. The van der Waals surface area contributed by atoms with E-state index in [1.165, 1.54) is 38.5 Å². The molecule has 76 valence electrons. The van der Waals surface area contributed by atoms with Crippen LogP contribution in [0.5, 0.6) is 0 Å². The van der Waals surface area contributed by atoms with Crippen LogP contribution in [0, 0.1) is 17.8 Å². The summed E-state index contributed by atoms with van der Waals surface area (Å²) in [7, 11) is 0. The van der Waals surface area contributed by atoms with E-state index in [-0.39, 0.29) is 5.54 Å². The first-order valence-corrected chi connectivity index (χ1v) is 5.99. The van der Waals surface area contributed by atoms with Crippen molar-refractivity contribution in [3.8, 4) is 0 Å². The lowest BCUT2D eigenvalue weighted by atomic mass is 9.92. The third-order valence-electron chi connectivity index (χ3n) is 4.57. The van der Waals surface area contributed by atoms with Gasteiger partial charge in [0.05, 0.1) is 0 Å². The highest BCUT2D eigenvalue weighted by atomic mass is 14.9. The Hall–Kier alpha value is -0.0400. The molecule has 0 saturated heterocycles. The van der Waals surface area contributed by atoms with Crippen LogP contribution in [0.3, 0.4) is 0 Å². The summed E-state index contributed by atoms with van der Waals surface area (Å²) in [6, 6.07) is 0. The highest BCUT2D eigenvalue weighted by molar-refractivity contribution is 5.12. The molecule has 2 rings (SSSR count). The lowest BCUT2D eigenvalue weighted by Gasteiger charge is -2.19. The van der Waals surface area contributed by atoms with Crippen LogP contribution in [0.1, 0.15) is 52.4 Å². The van der Waals surface area contributed by atoms with Gasteiger partial charge in [-0.25, -0.2) is 0 Å². The van der Waals surface area contributed by atoms with Gasteiger partial charge in [-0.15, -0.1) is 0 Å². The van der Waals surface area contributed by atoms with Gasteiger partial charge < -0.3 is 5.73 Å². The Morgan fingerprint density at radius 3 is 2.46 bits per heavy atom. The Labute approximate surface area is 82.1 Å². The van der Waals surface area contributed by atoms with Crippen LogP contribution in [-0.2, 0) is 0 Å². The van der Waals surface area contributed by atoms with Crippen molar-refractivity contribution in [1.29, 1.82) is 0 Å². The highest BCUT2D eigenvalue weighted by Crippen LogP contribution is 2.54. The summed E-state index contributed by atoms with van der Waals surface area (Å²) >= 11 is 0. The third kappa shape index (κ3) is 1.52. The van der Waals surface area contributed by atoms with Crippen molar-refractivity contribution in [2.45, 2.75) is 57.9 Å². The Morgan fingerprint density at radius 2 is 2.00 bits per heavy atom. The standard InChI is InChI=1S/C12H23N/c1-3-9-5-6-11(7-9)12(13)8-10(12)4-2/h9-11H,3-8,13H2,1-2H3. The first-order valence-electron chi connectivity index (χ1n) is 5.99. The van der Waals surface area contributed by atoms with E-state index in [2.05, 4.69) is 13.8 Å². The van der Waals surface area contributed by atoms with Crippen LogP contribution in [0.2, 0.25) is 0 Å². The molecule has 13 heavy (non-hydrogen) atoms. The average molecular weight is 181 g/mol. The fraction of sp³-hybridized carbons (Fsp3) is 1.00. The molecule has 0 amide bonds. The third-order valence-corrected chi connectivity index (χ3v) is 4.57. The molecule has 4 atom stereocenters. The summed E-state index contributed by atoms with van der Waals surface area (Å²) in [6.07, 6.45) is 8.24. The molecule has 1 heteroatoms. The molecule has 0 spiro atoms. The predicted molar refractivity (Wildman–Crippen MR) is 56.4 cm³/mol. The quantitative estimate of drug-likeness (QED) is 0.711. The van der Waals surface area contributed by atoms with E-state index in [0.717, 1.165) is 17.8 Å². The summed E-state index contributed by atoms with van der Waals surface area (Å²) in [5, 5.41) is 0. The van der Waals surface area contributed by atoms with E-state index in [0.29, 0.717) is 0 Å². The molecule has 2 N–H and O–H groups in total. The monoisotopic (exact) mass is 181 g/mol. The van der Waals surface area contributed by atoms with Crippen LogP contribution >= 0.6 is 0 Å². The molecule has 0 aliphatic heterocycles. The molecule has 0 heterocycles. The van der Waals surface area contributed by atoms with Crippen molar-refractivity contribution in [1.82, 2.24) is 0 Å². The van der Waals surface area contributed by atoms with Crippen molar-refractivity contribution in [3.63, 3.8) is 0 Å². The second-order valence-corrected chi connectivity index (χ2v) is 5.21. The maximum Gasteiger partial charge on any atom is 0.0215 e. The number of hydrogen-bond acceptors (Lipinski definition) is 1. The topological polar surface area (TPSA) is 26.0 Å². The van der Waals surface area contributed by atoms with Gasteiger partial charge in [0.15, 0.2) is 0 Å². The van der Waals surface area contributed by atoms with Crippen LogP contribution < -0.4 is 5.73 Å². The highest BCUT2D eigenvalue weighted by Gasteiger charge is 2.55. The Kier molecular flexibility index (Phi) is 2.39. The Morgan fingerprint density at radius 1 is 1.23 bits per heavy atom. The molecular formula is C12H23N. The lowest BCUT2D eigenvalue weighted by molar-refractivity contribution is 0.365. The predicted octanol–water partition coefficient (Wildman–Crippen LogP) is 2.94. The molecule has 0 aromatic heterocycles. The maximum absolute atomic E-state index is 6.42. The van der Waals surface area contributed by atoms with Gasteiger partial charge in [0.1, 0.15) is 0 Å².